The van der Waals surface area contributed by atoms with Crippen LogP contribution in [0.2, 0.25) is 0 Å². The second-order valence-corrected chi connectivity index (χ2v) is 7.54. The number of carbonyl (C=O) groups is 2. The number of amides is 2. The van der Waals surface area contributed by atoms with Crippen molar-refractivity contribution >= 4 is 23.1 Å². The molecule has 0 N–H and O–H groups in total. The van der Waals surface area contributed by atoms with E-state index in [1.807, 2.05) is 78.6 Å². The van der Waals surface area contributed by atoms with Gasteiger partial charge in [0.2, 0.25) is 0 Å². The molecule has 0 aromatic heterocycles. The third kappa shape index (κ3) is 4.20. The minimum Gasteiger partial charge on any atom is -0.497 e. The predicted molar refractivity (Wildman–Crippen MR) is 128 cm³/mol. The number of benzene rings is 3. The van der Waals surface area contributed by atoms with E-state index in [0.717, 1.165) is 11.3 Å². The molecule has 168 valence electrons. The molecule has 33 heavy (non-hydrogen) atoms. The van der Waals surface area contributed by atoms with Crippen molar-refractivity contribution in [1.29, 1.82) is 0 Å². The van der Waals surface area contributed by atoms with Crippen LogP contribution < -0.4 is 14.4 Å². The van der Waals surface area contributed by atoms with Crippen LogP contribution in [0.15, 0.2) is 84.6 Å². The van der Waals surface area contributed by atoms with Gasteiger partial charge in [-0.1, -0.05) is 48.5 Å². The second-order valence-electron chi connectivity index (χ2n) is 7.54. The Morgan fingerprint density at radius 2 is 1.45 bits per heavy atom. The Morgan fingerprint density at radius 3 is 2.09 bits per heavy atom. The van der Waals surface area contributed by atoms with Crippen LogP contribution >= 0.6 is 0 Å². The SMILES string of the molecule is CCN(C1=C(c2ccc(OC)cc2)C(=O)N(Cc2ccccc2OC)C1=O)c1ccccc1. The number of para-hydroxylation sites is 2. The van der Waals surface area contributed by atoms with Gasteiger partial charge in [-0.2, -0.15) is 0 Å². The van der Waals surface area contributed by atoms with Gasteiger partial charge in [0.25, 0.3) is 11.8 Å². The van der Waals surface area contributed by atoms with Crippen molar-refractivity contribution in [1.82, 2.24) is 4.90 Å². The monoisotopic (exact) mass is 442 g/mol. The second kappa shape index (κ2) is 9.61. The van der Waals surface area contributed by atoms with Crippen molar-refractivity contribution in [2.45, 2.75) is 13.5 Å². The first-order chi connectivity index (χ1) is 16.1. The van der Waals surface area contributed by atoms with Crippen LogP contribution in [0, 0.1) is 0 Å². The summed E-state index contributed by atoms with van der Waals surface area (Å²) in [6.45, 7) is 2.62. The molecule has 4 rings (SSSR count). The summed E-state index contributed by atoms with van der Waals surface area (Å²) in [5.41, 5.74) is 3.03. The van der Waals surface area contributed by atoms with Gasteiger partial charge in [0.05, 0.1) is 26.3 Å². The zero-order valence-corrected chi connectivity index (χ0v) is 18.9. The van der Waals surface area contributed by atoms with Gasteiger partial charge in [0.1, 0.15) is 17.2 Å². The molecule has 0 unspecified atom stereocenters. The molecule has 3 aromatic rings. The Labute approximate surface area is 193 Å². The summed E-state index contributed by atoms with van der Waals surface area (Å²) in [6, 6.07) is 24.2. The van der Waals surface area contributed by atoms with Gasteiger partial charge in [-0.3, -0.25) is 14.5 Å². The van der Waals surface area contributed by atoms with Gasteiger partial charge in [0.15, 0.2) is 0 Å². The first kappa shape index (κ1) is 22.1. The van der Waals surface area contributed by atoms with E-state index < -0.39 is 0 Å². The maximum absolute atomic E-state index is 13.7. The Morgan fingerprint density at radius 1 is 0.788 bits per heavy atom. The summed E-state index contributed by atoms with van der Waals surface area (Å²) in [4.78, 5) is 30.6. The highest BCUT2D eigenvalue weighted by atomic mass is 16.5. The van der Waals surface area contributed by atoms with E-state index in [0.29, 0.717) is 34.9 Å². The molecule has 6 nitrogen and oxygen atoms in total. The molecular formula is C27H26N2O4. The van der Waals surface area contributed by atoms with E-state index in [9.17, 15) is 9.59 Å². The van der Waals surface area contributed by atoms with Crippen LogP contribution in [0.4, 0.5) is 5.69 Å². The fraction of sp³-hybridized carbons (Fsp3) is 0.185. The largest absolute Gasteiger partial charge is 0.497 e. The maximum atomic E-state index is 13.7. The highest BCUT2D eigenvalue weighted by molar-refractivity contribution is 6.36. The highest BCUT2D eigenvalue weighted by Crippen LogP contribution is 2.36. The molecule has 0 atom stereocenters. The number of ether oxygens (including phenoxy) is 2. The van der Waals surface area contributed by atoms with Crippen molar-refractivity contribution in [2.24, 2.45) is 0 Å². The minimum atomic E-state index is -0.333. The number of imide groups is 1. The van der Waals surface area contributed by atoms with Gasteiger partial charge in [-0.15, -0.1) is 0 Å². The summed E-state index contributed by atoms with van der Waals surface area (Å²) in [7, 11) is 3.17. The molecular weight excluding hydrogens is 416 g/mol. The summed E-state index contributed by atoms with van der Waals surface area (Å²) in [6.07, 6.45) is 0. The molecule has 3 aromatic carbocycles. The van der Waals surface area contributed by atoms with Crippen molar-refractivity contribution in [3.8, 4) is 11.5 Å². The lowest BCUT2D eigenvalue weighted by atomic mass is 10.0. The number of hydrogen-bond acceptors (Lipinski definition) is 5. The van der Waals surface area contributed by atoms with Crippen LogP contribution in [-0.4, -0.2) is 37.5 Å². The third-order valence-corrected chi connectivity index (χ3v) is 5.70. The molecule has 0 saturated heterocycles. The van der Waals surface area contributed by atoms with E-state index in [1.165, 1.54) is 4.90 Å². The first-order valence-corrected chi connectivity index (χ1v) is 10.8. The average Bonchev–Trinajstić information content (AvgIpc) is 3.10. The van der Waals surface area contributed by atoms with E-state index in [2.05, 4.69) is 0 Å². The maximum Gasteiger partial charge on any atom is 0.278 e. The standard InChI is InChI=1S/C27H26N2O4/c1-4-28(21-11-6-5-7-12-21)25-24(19-14-16-22(32-2)17-15-19)26(30)29(27(25)31)18-20-10-8-9-13-23(20)33-3/h5-17H,4,18H2,1-3H3. The van der Waals surface area contributed by atoms with Crippen LogP contribution in [0.1, 0.15) is 18.1 Å². The fourth-order valence-corrected chi connectivity index (χ4v) is 4.06. The van der Waals surface area contributed by atoms with Crippen molar-refractivity contribution in [3.05, 3.63) is 95.7 Å². The Hall–Kier alpha value is -4.06. The van der Waals surface area contributed by atoms with Gasteiger partial charge < -0.3 is 14.4 Å². The number of rotatable bonds is 8. The summed E-state index contributed by atoms with van der Waals surface area (Å²) < 4.78 is 10.7. The van der Waals surface area contributed by atoms with Crippen LogP contribution in [0.5, 0.6) is 11.5 Å². The van der Waals surface area contributed by atoms with Crippen molar-refractivity contribution < 1.29 is 19.1 Å². The Kier molecular flexibility index (Phi) is 6.45. The topological polar surface area (TPSA) is 59.1 Å². The summed E-state index contributed by atoms with van der Waals surface area (Å²) in [5.74, 6) is 0.648. The molecule has 0 spiro atoms. The lowest BCUT2D eigenvalue weighted by Crippen LogP contribution is -2.35. The number of anilines is 1. The lowest BCUT2D eigenvalue weighted by Gasteiger charge is -2.25. The molecule has 1 heterocycles. The summed E-state index contributed by atoms with van der Waals surface area (Å²) >= 11 is 0. The first-order valence-electron chi connectivity index (χ1n) is 10.8. The van der Waals surface area contributed by atoms with Gasteiger partial charge in [0, 0.05) is 17.8 Å². The predicted octanol–water partition coefficient (Wildman–Crippen LogP) is 4.51. The fourth-order valence-electron chi connectivity index (χ4n) is 4.06. The average molecular weight is 443 g/mol. The number of nitrogens with zero attached hydrogens (tertiary/aromatic N) is 2. The molecule has 6 heteroatoms. The van der Waals surface area contributed by atoms with Crippen LogP contribution in [0.3, 0.4) is 0 Å². The molecule has 1 aliphatic rings. The molecule has 2 amide bonds. The number of hydrogen-bond donors (Lipinski definition) is 0. The van der Waals surface area contributed by atoms with Crippen LogP contribution in [-0.2, 0) is 16.1 Å². The molecule has 0 aliphatic carbocycles. The van der Waals surface area contributed by atoms with Crippen LogP contribution in [0.25, 0.3) is 5.57 Å². The number of likely N-dealkylation sites (N-methyl/N-ethyl adjacent to an activating group) is 1. The van der Waals surface area contributed by atoms with E-state index >= 15 is 0 Å². The normalized spacial score (nSPS) is 13.5. The third-order valence-electron chi connectivity index (χ3n) is 5.70. The molecule has 0 fully saturated rings. The minimum absolute atomic E-state index is 0.122. The summed E-state index contributed by atoms with van der Waals surface area (Å²) in [5, 5.41) is 0. The van der Waals surface area contributed by atoms with Gasteiger partial charge in [-0.05, 0) is 42.8 Å². The van der Waals surface area contributed by atoms with E-state index in [1.54, 1.807) is 26.4 Å². The van der Waals surface area contributed by atoms with E-state index in [-0.39, 0.29) is 18.4 Å². The molecule has 0 bridgehead atoms. The molecule has 1 aliphatic heterocycles. The highest BCUT2D eigenvalue weighted by Gasteiger charge is 2.42. The zero-order valence-electron chi connectivity index (χ0n) is 18.9. The van der Waals surface area contributed by atoms with Gasteiger partial charge >= 0.3 is 0 Å². The smallest absolute Gasteiger partial charge is 0.278 e. The quantitative estimate of drug-likeness (QED) is 0.481. The van der Waals surface area contributed by atoms with Gasteiger partial charge in [-0.25, -0.2) is 0 Å². The number of methoxy groups -OCH3 is 2. The van der Waals surface area contributed by atoms with Crippen molar-refractivity contribution in [2.75, 3.05) is 25.7 Å². The Bertz CT molecular complexity index is 1190. The van der Waals surface area contributed by atoms with Crippen molar-refractivity contribution in [3.63, 3.8) is 0 Å². The zero-order chi connectivity index (χ0) is 23.4. The Balaban J connectivity index is 1.82. The molecule has 0 radical (unpaired) electrons. The lowest BCUT2D eigenvalue weighted by molar-refractivity contribution is -0.137. The van der Waals surface area contributed by atoms with E-state index in [4.69, 9.17) is 9.47 Å². The number of carbonyl (C=O) groups excluding carboxylic acids is 2. The molecule has 0 saturated carbocycles.